The molecule has 0 aliphatic carbocycles. The summed E-state index contributed by atoms with van der Waals surface area (Å²) in [5.41, 5.74) is 2.24. The van der Waals surface area contributed by atoms with Crippen molar-refractivity contribution in [1.82, 2.24) is 0 Å². The summed E-state index contributed by atoms with van der Waals surface area (Å²) in [6.45, 7) is 2.10. The Morgan fingerprint density at radius 1 is 1.13 bits per heavy atom. The lowest BCUT2D eigenvalue weighted by molar-refractivity contribution is 0.633. The van der Waals surface area contributed by atoms with Crippen molar-refractivity contribution in [1.29, 1.82) is 0 Å². The Hall–Kier alpha value is -1.54. The lowest BCUT2D eigenvalue weighted by atomic mass is 10.2. The zero-order valence-corrected chi connectivity index (χ0v) is 9.17. The van der Waals surface area contributed by atoms with E-state index < -0.39 is 0 Å². The van der Waals surface area contributed by atoms with Crippen molar-refractivity contribution < 1.29 is 4.42 Å². The maximum Gasteiger partial charge on any atom is 0.145 e. The minimum absolute atomic E-state index is 0.957. The molecule has 0 saturated carbocycles. The summed E-state index contributed by atoms with van der Waals surface area (Å²) in [4.78, 5) is 1.20. The van der Waals surface area contributed by atoms with E-state index in [2.05, 4.69) is 30.5 Å². The molecule has 1 nitrogen and oxygen atoms in total. The van der Waals surface area contributed by atoms with Crippen LogP contribution in [0, 0.1) is 6.92 Å². The summed E-state index contributed by atoms with van der Waals surface area (Å²) in [7, 11) is 0. The first kappa shape index (κ1) is 8.74. The highest BCUT2D eigenvalue weighted by molar-refractivity contribution is 7.13. The molecule has 0 unspecified atom stereocenters. The van der Waals surface area contributed by atoms with Gasteiger partial charge in [0.05, 0.1) is 4.88 Å². The first-order valence-electron chi connectivity index (χ1n) is 4.87. The van der Waals surface area contributed by atoms with E-state index in [1.807, 2.05) is 18.2 Å². The first-order valence-corrected chi connectivity index (χ1v) is 5.75. The average molecular weight is 214 g/mol. The summed E-state index contributed by atoms with van der Waals surface area (Å²) in [5.74, 6) is 0.967. The second-order valence-corrected chi connectivity index (χ2v) is 4.55. The molecule has 0 spiro atoms. The Morgan fingerprint density at radius 3 is 2.73 bits per heavy atom. The highest BCUT2D eigenvalue weighted by Gasteiger charge is 2.06. The molecule has 15 heavy (non-hydrogen) atoms. The van der Waals surface area contributed by atoms with E-state index in [1.54, 1.807) is 11.3 Å². The lowest BCUT2D eigenvalue weighted by Gasteiger charge is -1.87. The van der Waals surface area contributed by atoms with E-state index in [1.165, 1.54) is 15.8 Å². The molecule has 0 saturated heterocycles. The zero-order chi connectivity index (χ0) is 10.3. The molecule has 0 aliphatic heterocycles. The Balaban J connectivity index is 2.19. The fourth-order valence-electron chi connectivity index (χ4n) is 1.66. The van der Waals surface area contributed by atoms with Crippen LogP contribution in [-0.2, 0) is 0 Å². The number of thiophene rings is 1. The molecule has 0 aliphatic rings. The molecule has 0 bridgehead atoms. The van der Waals surface area contributed by atoms with Gasteiger partial charge in [-0.2, -0.15) is 0 Å². The topological polar surface area (TPSA) is 13.1 Å². The summed E-state index contributed by atoms with van der Waals surface area (Å²) in [5, 5.41) is 3.31. The minimum Gasteiger partial charge on any atom is -0.455 e. The van der Waals surface area contributed by atoms with Gasteiger partial charge >= 0.3 is 0 Å². The Bertz CT molecular complexity index is 571. The lowest BCUT2D eigenvalue weighted by Crippen LogP contribution is -1.61. The van der Waals surface area contributed by atoms with E-state index in [4.69, 9.17) is 4.42 Å². The van der Waals surface area contributed by atoms with Gasteiger partial charge in [-0.25, -0.2) is 0 Å². The summed E-state index contributed by atoms with van der Waals surface area (Å²) < 4.78 is 5.78. The third-order valence-corrected chi connectivity index (χ3v) is 3.46. The van der Waals surface area contributed by atoms with Gasteiger partial charge in [0.2, 0.25) is 0 Å². The maximum atomic E-state index is 5.78. The van der Waals surface area contributed by atoms with Crippen LogP contribution in [0.4, 0.5) is 0 Å². The normalized spacial score (nSPS) is 11.0. The van der Waals surface area contributed by atoms with Crippen molar-refractivity contribution in [3.05, 3.63) is 47.3 Å². The molecule has 1 aromatic carbocycles. The molecule has 0 atom stereocenters. The number of fused-ring (bicyclic) bond motifs is 1. The number of hydrogen-bond donors (Lipinski definition) is 0. The van der Waals surface area contributed by atoms with Gasteiger partial charge < -0.3 is 4.42 Å². The van der Waals surface area contributed by atoms with Crippen LogP contribution in [0.2, 0.25) is 0 Å². The number of hydrogen-bond acceptors (Lipinski definition) is 2. The Morgan fingerprint density at radius 2 is 2.00 bits per heavy atom. The summed E-state index contributed by atoms with van der Waals surface area (Å²) in [6, 6.07) is 12.3. The third-order valence-electron chi connectivity index (χ3n) is 2.40. The van der Waals surface area contributed by atoms with Crippen LogP contribution in [0.3, 0.4) is 0 Å². The molecular weight excluding hydrogens is 204 g/mol. The van der Waals surface area contributed by atoms with Crippen LogP contribution in [0.15, 0.2) is 46.2 Å². The molecular formula is C13H10OS. The molecule has 3 aromatic rings. The Labute approximate surface area is 92.0 Å². The van der Waals surface area contributed by atoms with Gasteiger partial charge in [0.25, 0.3) is 0 Å². The molecule has 74 valence electrons. The molecule has 0 radical (unpaired) electrons. The zero-order valence-electron chi connectivity index (χ0n) is 8.36. The molecule has 0 fully saturated rings. The van der Waals surface area contributed by atoms with Gasteiger partial charge in [0.15, 0.2) is 0 Å². The minimum atomic E-state index is 0.957. The third kappa shape index (κ3) is 1.47. The van der Waals surface area contributed by atoms with Crippen molar-refractivity contribution in [3.63, 3.8) is 0 Å². The first-order chi connectivity index (χ1) is 7.33. The van der Waals surface area contributed by atoms with E-state index in [-0.39, 0.29) is 0 Å². The predicted molar refractivity (Wildman–Crippen MR) is 64.3 cm³/mol. The number of aryl methyl sites for hydroxylation is 1. The van der Waals surface area contributed by atoms with Crippen molar-refractivity contribution in [2.24, 2.45) is 0 Å². The number of benzene rings is 1. The quantitative estimate of drug-likeness (QED) is 0.582. The van der Waals surface area contributed by atoms with Crippen LogP contribution in [0.25, 0.3) is 21.6 Å². The number of para-hydroxylation sites is 1. The van der Waals surface area contributed by atoms with Crippen molar-refractivity contribution in [2.75, 3.05) is 0 Å². The average Bonchev–Trinajstić information content (AvgIpc) is 2.82. The molecule has 0 N–H and O–H groups in total. The highest BCUT2D eigenvalue weighted by Crippen LogP contribution is 2.31. The summed E-state index contributed by atoms with van der Waals surface area (Å²) >= 11 is 1.72. The van der Waals surface area contributed by atoms with Crippen LogP contribution < -0.4 is 0 Å². The molecule has 3 rings (SSSR count). The molecule has 2 aromatic heterocycles. The van der Waals surface area contributed by atoms with E-state index in [9.17, 15) is 0 Å². The fraction of sp³-hybridized carbons (Fsp3) is 0.0769. The van der Waals surface area contributed by atoms with Gasteiger partial charge in [-0.15, -0.1) is 11.3 Å². The summed E-state index contributed by atoms with van der Waals surface area (Å²) in [6.07, 6.45) is 0. The molecule has 2 heterocycles. The number of rotatable bonds is 1. The van der Waals surface area contributed by atoms with Crippen molar-refractivity contribution in [2.45, 2.75) is 6.92 Å². The second kappa shape index (κ2) is 3.24. The van der Waals surface area contributed by atoms with Crippen molar-refractivity contribution >= 4 is 22.3 Å². The Kier molecular flexibility index (Phi) is 1.89. The monoisotopic (exact) mass is 214 g/mol. The van der Waals surface area contributed by atoms with Crippen molar-refractivity contribution in [3.8, 4) is 10.6 Å². The van der Waals surface area contributed by atoms with Crippen LogP contribution >= 0.6 is 11.3 Å². The van der Waals surface area contributed by atoms with Crippen LogP contribution in [0.5, 0.6) is 0 Å². The maximum absolute atomic E-state index is 5.78. The van der Waals surface area contributed by atoms with E-state index in [0.717, 1.165) is 11.3 Å². The number of furan rings is 1. The predicted octanol–water partition coefficient (Wildman–Crippen LogP) is 4.47. The van der Waals surface area contributed by atoms with Crippen LogP contribution in [-0.4, -0.2) is 0 Å². The van der Waals surface area contributed by atoms with Gasteiger partial charge in [0, 0.05) is 5.39 Å². The molecule has 2 heteroatoms. The standard InChI is InChI=1S/C13H10OS/c1-9-6-13(15-8-9)12-7-10-4-2-3-5-11(10)14-12/h2-8H,1H3. The van der Waals surface area contributed by atoms with Gasteiger partial charge in [0.1, 0.15) is 11.3 Å². The van der Waals surface area contributed by atoms with E-state index in [0.29, 0.717) is 0 Å². The fourth-order valence-corrected chi connectivity index (χ4v) is 2.52. The smallest absolute Gasteiger partial charge is 0.145 e. The highest BCUT2D eigenvalue weighted by atomic mass is 32.1. The molecule has 0 amide bonds. The van der Waals surface area contributed by atoms with Gasteiger partial charge in [-0.3, -0.25) is 0 Å². The SMILES string of the molecule is Cc1csc(-c2cc3ccccc3o2)c1. The van der Waals surface area contributed by atoms with Crippen LogP contribution in [0.1, 0.15) is 5.56 Å². The second-order valence-electron chi connectivity index (χ2n) is 3.64. The van der Waals surface area contributed by atoms with Gasteiger partial charge in [-0.05, 0) is 36.1 Å². The largest absolute Gasteiger partial charge is 0.455 e. The van der Waals surface area contributed by atoms with Gasteiger partial charge in [-0.1, -0.05) is 18.2 Å². The van der Waals surface area contributed by atoms with E-state index >= 15 is 0 Å².